The normalized spacial score (nSPS) is 25.4. The van der Waals surface area contributed by atoms with Crippen molar-refractivity contribution < 1.29 is 0 Å². The molecule has 1 saturated heterocycles. The second-order valence-corrected chi connectivity index (χ2v) is 6.04. The highest BCUT2D eigenvalue weighted by atomic mass is 32.1. The van der Waals surface area contributed by atoms with Gasteiger partial charge in [-0.1, -0.05) is 6.92 Å². The Hall–Kier alpha value is -1.20. The molecule has 0 saturated carbocycles. The number of hydrogen-bond acceptors (Lipinski definition) is 5. The van der Waals surface area contributed by atoms with Crippen LogP contribution in [0.1, 0.15) is 13.3 Å². The summed E-state index contributed by atoms with van der Waals surface area (Å²) in [6.07, 6.45) is 2.83. The van der Waals surface area contributed by atoms with Gasteiger partial charge in [0.05, 0.1) is 5.39 Å². The number of anilines is 1. The number of piperidine rings is 1. The minimum Gasteiger partial charge on any atom is -0.366 e. The Morgan fingerprint density at radius 2 is 2.33 bits per heavy atom. The number of nitrogens with one attached hydrogen (secondary N) is 1. The first-order chi connectivity index (χ1) is 8.74. The summed E-state index contributed by atoms with van der Waals surface area (Å²) in [4.78, 5) is 12.1. The van der Waals surface area contributed by atoms with Gasteiger partial charge in [0.25, 0.3) is 0 Å². The molecular weight excluding hydrogens is 244 g/mol. The fraction of sp³-hybridized carbons (Fsp3) is 0.538. The number of aromatic nitrogens is 2. The van der Waals surface area contributed by atoms with Gasteiger partial charge in [0.15, 0.2) is 0 Å². The Morgan fingerprint density at radius 3 is 3.17 bits per heavy atom. The summed E-state index contributed by atoms with van der Waals surface area (Å²) in [5.74, 6) is 1.63. The van der Waals surface area contributed by atoms with E-state index in [1.54, 1.807) is 17.7 Å². The summed E-state index contributed by atoms with van der Waals surface area (Å²) < 4.78 is 0. The van der Waals surface area contributed by atoms with Gasteiger partial charge in [0, 0.05) is 12.6 Å². The second kappa shape index (κ2) is 4.82. The van der Waals surface area contributed by atoms with Gasteiger partial charge in [-0.05, 0) is 37.4 Å². The minimum atomic E-state index is 0.513. The van der Waals surface area contributed by atoms with E-state index in [9.17, 15) is 0 Å². The molecule has 2 atom stereocenters. The van der Waals surface area contributed by atoms with Gasteiger partial charge in [-0.25, -0.2) is 9.97 Å². The smallest absolute Gasteiger partial charge is 0.138 e. The Kier molecular flexibility index (Phi) is 3.18. The van der Waals surface area contributed by atoms with Gasteiger partial charge < -0.3 is 10.2 Å². The predicted octanol–water partition coefficient (Wildman–Crippen LogP) is 2.44. The van der Waals surface area contributed by atoms with Crippen LogP contribution in [0, 0.1) is 5.92 Å². The predicted molar refractivity (Wildman–Crippen MR) is 76.1 cm³/mol. The van der Waals surface area contributed by atoms with Crippen LogP contribution in [0.4, 0.5) is 5.82 Å². The third-order valence-corrected chi connectivity index (χ3v) is 4.51. The van der Waals surface area contributed by atoms with Gasteiger partial charge in [-0.3, -0.25) is 0 Å². The van der Waals surface area contributed by atoms with Crippen molar-refractivity contribution >= 4 is 27.4 Å². The number of nitrogens with zero attached hydrogens (tertiary/aromatic N) is 3. The van der Waals surface area contributed by atoms with Gasteiger partial charge >= 0.3 is 0 Å². The third-order valence-electron chi connectivity index (χ3n) is 3.69. The summed E-state index contributed by atoms with van der Waals surface area (Å²) in [5.41, 5.74) is 0. The van der Waals surface area contributed by atoms with E-state index in [1.165, 1.54) is 6.42 Å². The van der Waals surface area contributed by atoms with Crippen molar-refractivity contribution in [2.45, 2.75) is 19.4 Å². The van der Waals surface area contributed by atoms with Crippen molar-refractivity contribution in [3.8, 4) is 0 Å². The number of thiophene rings is 1. The average molecular weight is 262 g/mol. The maximum absolute atomic E-state index is 4.40. The van der Waals surface area contributed by atoms with Crippen molar-refractivity contribution in [3.05, 3.63) is 17.8 Å². The van der Waals surface area contributed by atoms with Crippen LogP contribution >= 0.6 is 11.3 Å². The lowest BCUT2D eigenvalue weighted by molar-refractivity contribution is 0.206. The van der Waals surface area contributed by atoms with Crippen molar-refractivity contribution in [2.24, 2.45) is 5.92 Å². The molecule has 1 N–H and O–H groups in total. The molecule has 0 amide bonds. The van der Waals surface area contributed by atoms with Crippen LogP contribution in [0.3, 0.4) is 0 Å². The van der Waals surface area contributed by atoms with Gasteiger partial charge in [0.1, 0.15) is 17.0 Å². The average Bonchev–Trinajstić information content (AvgIpc) is 2.82. The lowest BCUT2D eigenvalue weighted by Crippen LogP contribution is -2.43. The maximum atomic E-state index is 4.40. The van der Waals surface area contributed by atoms with Crippen molar-refractivity contribution in [3.63, 3.8) is 0 Å². The molecule has 0 aliphatic carbocycles. The monoisotopic (exact) mass is 262 g/mol. The third kappa shape index (κ3) is 2.20. The van der Waals surface area contributed by atoms with Crippen molar-refractivity contribution in [1.82, 2.24) is 14.9 Å². The summed E-state index contributed by atoms with van der Waals surface area (Å²) in [6, 6.07) is 2.61. The maximum Gasteiger partial charge on any atom is 0.138 e. The Labute approximate surface area is 111 Å². The molecule has 0 bridgehead atoms. The zero-order valence-electron chi connectivity index (χ0n) is 10.8. The van der Waals surface area contributed by atoms with E-state index in [2.05, 4.69) is 45.6 Å². The first-order valence-corrected chi connectivity index (χ1v) is 7.25. The van der Waals surface area contributed by atoms with Crippen LogP contribution in [0.5, 0.6) is 0 Å². The Morgan fingerprint density at radius 1 is 1.44 bits per heavy atom. The van der Waals surface area contributed by atoms with Crippen LogP contribution in [-0.4, -0.2) is 41.0 Å². The highest BCUT2D eigenvalue weighted by molar-refractivity contribution is 7.16. The van der Waals surface area contributed by atoms with Crippen LogP contribution in [0.15, 0.2) is 17.8 Å². The molecule has 2 aromatic rings. The molecule has 3 rings (SSSR count). The Bertz CT molecular complexity index is 539. The zero-order chi connectivity index (χ0) is 12.5. The van der Waals surface area contributed by atoms with Crippen LogP contribution in [0.2, 0.25) is 0 Å². The second-order valence-electron chi connectivity index (χ2n) is 5.14. The first-order valence-electron chi connectivity index (χ1n) is 6.37. The first kappa shape index (κ1) is 11.9. The number of likely N-dealkylation sites (tertiary alicyclic amines) is 1. The minimum absolute atomic E-state index is 0.513. The van der Waals surface area contributed by atoms with E-state index < -0.39 is 0 Å². The largest absolute Gasteiger partial charge is 0.366 e. The summed E-state index contributed by atoms with van der Waals surface area (Å²) in [6.45, 7) is 4.61. The van der Waals surface area contributed by atoms with E-state index in [0.717, 1.165) is 29.1 Å². The summed E-state index contributed by atoms with van der Waals surface area (Å²) >= 11 is 1.67. The number of fused-ring (bicyclic) bond motifs is 1. The standard InChI is InChI=1S/C13H18N4S/c1-9-7-17(2)5-3-11(9)16-12-10-4-6-18-13(10)15-8-14-12/h4,6,8-9,11H,3,5,7H2,1-2H3,(H,14,15,16). The Balaban J connectivity index is 1.82. The molecule has 1 fully saturated rings. The highest BCUT2D eigenvalue weighted by Gasteiger charge is 2.24. The van der Waals surface area contributed by atoms with E-state index in [4.69, 9.17) is 0 Å². The SMILES string of the molecule is CC1CN(C)CCC1Nc1ncnc2sccc12. The topological polar surface area (TPSA) is 41.0 Å². The quantitative estimate of drug-likeness (QED) is 0.902. The number of hydrogen-bond donors (Lipinski definition) is 1. The van der Waals surface area contributed by atoms with Crippen molar-refractivity contribution in [2.75, 3.05) is 25.5 Å². The lowest BCUT2D eigenvalue weighted by atomic mass is 9.94. The molecule has 3 heterocycles. The van der Waals surface area contributed by atoms with E-state index >= 15 is 0 Å². The molecule has 4 nitrogen and oxygen atoms in total. The van der Waals surface area contributed by atoms with Crippen LogP contribution in [-0.2, 0) is 0 Å². The molecule has 96 valence electrons. The van der Waals surface area contributed by atoms with E-state index in [1.807, 2.05) is 0 Å². The fourth-order valence-corrected chi connectivity index (χ4v) is 3.38. The van der Waals surface area contributed by atoms with Gasteiger partial charge in [-0.2, -0.15) is 0 Å². The molecular formula is C13H18N4S. The van der Waals surface area contributed by atoms with Gasteiger partial charge in [-0.15, -0.1) is 11.3 Å². The highest BCUT2D eigenvalue weighted by Crippen LogP contribution is 2.26. The summed E-state index contributed by atoms with van der Waals surface area (Å²) in [7, 11) is 2.19. The van der Waals surface area contributed by atoms with Crippen LogP contribution < -0.4 is 5.32 Å². The molecule has 0 spiro atoms. The molecule has 1 aliphatic rings. The molecule has 2 unspecified atom stereocenters. The van der Waals surface area contributed by atoms with Crippen LogP contribution in [0.25, 0.3) is 10.2 Å². The lowest BCUT2D eigenvalue weighted by Gasteiger charge is -2.35. The van der Waals surface area contributed by atoms with E-state index in [0.29, 0.717) is 12.0 Å². The molecule has 0 radical (unpaired) electrons. The van der Waals surface area contributed by atoms with Gasteiger partial charge in [0.2, 0.25) is 0 Å². The molecule has 1 aliphatic heterocycles. The molecule has 2 aromatic heterocycles. The number of rotatable bonds is 2. The molecule has 18 heavy (non-hydrogen) atoms. The molecule has 0 aromatic carbocycles. The molecule has 5 heteroatoms. The fourth-order valence-electron chi connectivity index (χ4n) is 2.65. The van der Waals surface area contributed by atoms with E-state index in [-0.39, 0.29) is 0 Å². The summed E-state index contributed by atoms with van der Waals surface area (Å²) in [5, 5.41) is 6.83. The zero-order valence-corrected chi connectivity index (χ0v) is 11.6. The van der Waals surface area contributed by atoms with Crippen molar-refractivity contribution in [1.29, 1.82) is 0 Å².